The van der Waals surface area contributed by atoms with Crippen molar-refractivity contribution in [1.29, 1.82) is 0 Å². The van der Waals surface area contributed by atoms with Crippen LogP contribution in [0.2, 0.25) is 0 Å². The summed E-state index contributed by atoms with van der Waals surface area (Å²) >= 11 is 0. The highest BCUT2D eigenvalue weighted by Crippen LogP contribution is 2.21. The smallest absolute Gasteiger partial charge is 0.123 e. The van der Waals surface area contributed by atoms with Crippen molar-refractivity contribution in [2.24, 2.45) is 0 Å². The lowest BCUT2D eigenvalue weighted by atomic mass is 10.1. The van der Waals surface area contributed by atoms with E-state index >= 15 is 0 Å². The SMILES string of the molecule is CC1(O)CCN(CCn2ccc3cc(F)ccc32)C1. The number of aliphatic hydroxyl groups is 1. The zero-order chi connectivity index (χ0) is 13.5. The average molecular weight is 262 g/mol. The van der Waals surface area contributed by atoms with Crippen LogP contribution in [-0.4, -0.2) is 39.8 Å². The number of nitrogens with zero attached hydrogens (tertiary/aromatic N) is 2. The number of fused-ring (bicyclic) bond motifs is 1. The van der Waals surface area contributed by atoms with E-state index in [1.807, 2.05) is 25.3 Å². The minimum Gasteiger partial charge on any atom is -0.389 e. The Labute approximate surface area is 112 Å². The lowest BCUT2D eigenvalue weighted by Crippen LogP contribution is -2.31. The third-order valence-electron chi connectivity index (χ3n) is 3.92. The van der Waals surface area contributed by atoms with Crippen LogP contribution in [0.3, 0.4) is 0 Å². The maximum atomic E-state index is 13.1. The van der Waals surface area contributed by atoms with Gasteiger partial charge in [0.15, 0.2) is 0 Å². The van der Waals surface area contributed by atoms with E-state index < -0.39 is 5.60 Å². The van der Waals surface area contributed by atoms with Crippen LogP contribution in [0.15, 0.2) is 30.5 Å². The zero-order valence-electron chi connectivity index (χ0n) is 11.1. The highest BCUT2D eigenvalue weighted by atomic mass is 19.1. The Morgan fingerprint density at radius 1 is 1.32 bits per heavy atom. The molecular formula is C15H19FN2O. The summed E-state index contributed by atoms with van der Waals surface area (Å²) in [7, 11) is 0. The molecular weight excluding hydrogens is 243 g/mol. The summed E-state index contributed by atoms with van der Waals surface area (Å²) in [6, 6.07) is 6.83. The predicted molar refractivity (Wildman–Crippen MR) is 73.6 cm³/mol. The Hall–Kier alpha value is -1.39. The van der Waals surface area contributed by atoms with Gasteiger partial charge in [-0.1, -0.05) is 0 Å². The third-order valence-corrected chi connectivity index (χ3v) is 3.92. The van der Waals surface area contributed by atoms with E-state index in [1.165, 1.54) is 6.07 Å². The molecule has 1 saturated heterocycles. The van der Waals surface area contributed by atoms with Crippen LogP contribution in [0.4, 0.5) is 4.39 Å². The second-order valence-electron chi connectivity index (χ2n) is 5.74. The van der Waals surface area contributed by atoms with E-state index in [1.54, 1.807) is 6.07 Å². The summed E-state index contributed by atoms with van der Waals surface area (Å²) in [5, 5.41) is 10.9. The Morgan fingerprint density at radius 3 is 2.89 bits per heavy atom. The highest BCUT2D eigenvalue weighted by molar-refractivity contribution is 5.80. The maximum absolute atomic E-state index is 13.1. The summed E-state index contributed by atoms with van der Waals surface area (Å²) < 4.78 is 15.3. The van der Waals surface area contributed by atoms with Crippen molar-refractivity contribution < 1.29 is 9.50 Å². The first-order valence-electron chi connectivity index (χ1n) is 6.73. The van der Waals surface area contributed by atoms with E-state index in [4.69, 9.17) is 0 Å². The lowest BCUT2D eigenvalue weighted by Gasteiger charge is -2.19. The normalized spacial score (nSPS) is 24.4. The van der Waals surface area contributed by atoms with Gasteiger partial charge in [-0.05, 0) is 37.6 Å². The minimum absolute atomic E-state index is 0.194. The molecule has 0 bridgehead atoms. The molecule has 2 heterocycles. The van der Waals surface area contributed by atoms with E-state index in [2.05, 4.69) is 9.47 Å². The quantitative estimate of drug-likeness (QED) is 0.919. The molecule has 0 aliphatic carbocycles. The maximum Gasteiger partial charge on any atom is 0.123 e. The van der Waals surface area contributed by atoms with E-state index in [-0.39, 0.29) is 5.82 Å². The molecule has 1 atom stereocenters. The molecule has 1 unspecified atom stereocenters. The van der Waals surface area contributed by atoms with Crippen LogP contribution in [0.5, 0.6) is 0 Å². The standard InChI is InChI=1S/C15H19FN2O/c1-15(19)5-7-17(11-15)8-9-18-6-4-12-10-13(16)2-3-14(12)18/h2-4,6,10,19H,5,7-9,11H2,1H3. The van der Waals surface area contributed by atoms with Crippen LogP contribution in [-0.2, 0) is 6.54 Å². The fourth-order valence-electron chi connectivity index (χ4n) is 2.84. The molecule has 1 aromatic heterocycles. The van der Waals surface area contributed by atoms with Gasteiger partial charge in [0.2, 0.25) is 0 Å². The fraction of sp³-hybridized carbons (Fsp3) is 0.467. The molecule has 2 aromatic rings. The second-order valence-corrected chi connectivity index (χ2v) is 5.74. The first-order chi connectivity index (χ1) is 9.03. The third kappa shape index (κ3) is 2.65. The number of β-amino-alcohol motifs (C(OH)–C–C–N with tert-alkyl or cyclic N) is 1. The predicted octanol–water partition coefficient (Wildman–Crippen LogP) is 2.24. The zero-order valence-corrected chi connectivity index (χ0v) is 11.1. The first-order valence-corrected chi connectivity index (χ1v) is 6.73. The van der Waals surface area contributed by atoms with Gasteiger partial charge in [0, 0.05) is 43.3 Å². The van der Waals surface area contributed by atoms with Crippen molar-refractivity contribution in [3.05, 3.63) is 36.3 Å². The van der Waals surface area contributed by atoms with Crippen molar-refractivity contribution in [3.63, 3.8) is 0 Å². The molecule has 19 heavy (non-hydrogen) atoms. The average Bonchev–Trinajstić information content (AvgIpc) is 2.89. The number of hydrogen-bond acceptors (Lipinski definition) is 2. The molecule has 3 nitrogen and oxygen atoms in total. The van der Waals surface area contributed by atoms with Crippen molar-refractivity contribution in [2.75, 3.05) is 19.6 Å². The Morgan fingerprint density at radius 2 is 2.16 bits per heavy atom. The van der Waals surface area contributed by atoms with E-state index in [9.17, 15) is 9.50 Å². The molecule has 1 fully saturated rings. The van der Waals surface area contributed by atoms with Crippen LogP contribution in [0.1, 0.15) is 13.3 Å². The number of benzene rings is 1. The van der Waals surface area contributed by atoms with Crippen molar-refractivity contribution >= 4 is 10.9 Å². The lowest BCUT2D eigenvalue weighted by molar-refractivity contribution is 0.0684. The summed E-state index contributed by atoms with van der Waals surface area (Å²) in [4.78, 5) is 2.27. The van der Waals surface area contributed by atoms with Gasteiger partial charge in [-0.15, -0.1) is 0 Å². The van der Waals surface area contributed by atoms with Gasteiger partial charge in [-0.3, -0.25) is 4.90 Å². The minimum atomic E-state index is -0.540. The molecule has 0 spiro atoms. The number of rotatable bonds is 3. The Bertz CT molecular complexity index is 591. The molecule has 1 aliphatic heterocycles. The Kier molecular flexibility index (Phi) is 3.07. The van der Waals surface area contributed by atoms with Crippen molar-refractivity contribution in [2.45, 2.75) is 25.5 Å². The van der Waals surface area contributed by atoms with Gasteiger partial charge in [0.1, 0.15) is 5.82 Å². The number of halogens is 1. The molecule has 0 amide bonds. The van der Waals surface area contributed by atoms with Gasteiger partial charge in [-0.25, -0.2) is 4.39 Å². The summed E-state index contributed by atoms with van der Waals surface area (Å²) in [5.41, 5.74) is 0.523. The van der Waals surface area contributed by atoms with Crippen LogP contribution in [0.25, 0.3) is 10.9 Å². The largest absolute Gasteiger partial charge is 0.389 e. The highest BCUT2D eigenvalue weighted by Gasteiger charge is 2.30. The van der Waals surface area contributed by atoms with Crippen LogP contribution in [0, 0.1) is 5.82 Å². The first kappa shape index (κ1) is 12.6. The van der Waals surface area contributed by atoms with E-state index in [0.717, 1.165) is 43.5 Å². The molecule has 1 aromatic carbocycles. The summed E-state index contributed by atoms with van der Waals surface area (Å²) in [5.74, 6) is -0.194. The number of hydrogen-bond donors (Lipinski definition) is 1. The monoisotopic (exact) mass is 262 g/mol. The summed E-state index contributed by atoms with van der Waals surface area (Å²) in [6.07, 6.45) is 2.84. The second kappa shape index (κ2) is 4.62. The summed E-state index contributed by atoms with van der Waals surface area (Å²) in [6.45, 7) is 5.35. The van der Waals surface area contributed by atoms with Gasteiger partial charge >= 0.3 is 0 Å². The molecule has 0 radical (unpaired) electrons. The molecule has 1 N–H and O–H groups in total. The molecule has 4 heteroatoms. The van der Waals surface area contributed by atoms with Crippen LogP contribution < -0.4 is 0 Å². The molecule has 0 saturated carbocycles. The fourth-order valence-corrected chi connectivity index (χ4v) is 2.84. The molecule has 1 aliphatic rings. The number of likely N-dealkylation sites (tertiary alicyclic amines) is 1. The Balaban J connectivity index is 1.69. The molecule has 3 rings (SSSR count). The number of aromatic nitrogens is 1. The van der Waals surface area contributed by atoms with Gasteiger partial charge in [0.05, 0.1) is 5.60 Å². The topological polar surface area (TPSA) is 28.4 Å². The van der Waals surface area contributed by atoms with Crippen molar-refractivity contribution in [3.8, 4) is 0 Å². The van der Waals surface area contributed by atoms with Crippen LogP contribution >= 0.6 is 0 Å². The van der Waals surface area contributed by atoms with Crippen molar-refractivity contribution in [1.82, 2.24) is 9.47 Å². The van der Waals surface area contributed by atoms with Gasteiger partial charge in [-0.2, -0.15) is 0 Å². The molecule has 102 valence electrons. The van der Waals surface area contributed by atoms with Gasteiger partial charge < -0.3 is 9.67 Å². The van der Waals surface area contributed by atoms with Gasteiger partial charge in [0.25, 0.3) is 0 Å². The van der Waals surface area contributed by atoms with E-state index in [0.29, 0.717) is 0 Å².